The van der Waals surface area contributed by atoms with Crippen LogP contribution >= 0.6 is 0 Å². The minimum Gasteiger partial charge on any atom is -0.0649 e. The average Bonchev–Trinajstić information content (AvgIpc) is 2.83. The van der Waals surface area contributed by atoms with E-state index in [9.17, 15) is 0 Å². The highest BCUT2D eigenvalue weighted by Gasteiger charge is 2.48. The van der Waals surface area contributed by atoms with Gasteiger partial charge in [0.25, 0.3) is 0 Å². The van der Waals surface area contributed by atoms with Gasteiger partial charge in [-0.2, -0.15) is 0 Å². The van der Waals surface area contributed by atoms with Gasteiger partial charge in [-0.15, -0.1) is 0 Å². The number of rotatable bonds is 3. The highest BCUT2D eigenvalue weighted by Crippen LogP contribution is 2.59. The maximum atomic E-state index is 2.55. The summed E-state index contributed by atoms with van der Waals surface area (Å²) in [4.78, 5) is 0. The van der Waals surface area contributed by atoms with E-state index >= 15 is 0 Å². The van der Waals surface area contributed by atoms with E-state index in [4.69, 9.17) is 0 Å². The summed E-state index contributed by atoms with van der Waals surface area (Å²) in [6, 6.07) is 0. The Balaban J connectivity index is 2.04. The Morgan fingerprint density at radius 1 is 1.21 bits per heavy atom. The Bertz CT molecular complexity index is 216. The number of hydrogen-bond donors (Lipinski definition) is 0. The summed E-state index contributed by atoms with van der Waals surface area (Å²) < 4.78 is 0. The summed E-state index contributed by atoms with van der Waals surface area (Å²) in [5, 5.41) is 0. The van der Waals surface area contributed by atoms with Crippen molar-refractivity contribution >= 4 is 0 Å². The van der Waals surface area contributed by atoms with Crippen molar-refractivity contribution in [2.75, 3.05) is 0 Å². The summed E-state index contributed by atoms with van der Waals surface area (Å²) >= 11 is 0. The van der Waals surface area contributed by atoms with E-state index in [-0.39, 0.29) is 0 Å². The summed E-state index contributed by atoms with van der Waals surface area (Å²) in [7, 11) is 0. The van der Waals surface area contributed by atoms with E-state index in [0.717, 1.165) is 11.8 Å². The molecular weight excluding hydrogens is 168 g/mol. The molecule has 0 radical (unpaired) electrons. The van der Waals surface area contributed by atoms with Crippen LogP contribution in [0.2, 0.25) is 0 Å². The maximum Gasteiger partial charge on any atom is -0.0292 e. The van der Waals surface area contributed by atoms with Crippen molar-refractivity contribution in [3.63, 3.8) is 0 Å². The summed E-state index contributed by atoms with van der Waals surface area (Å²) in [5.41, 5.74) is 1.33. The fourth-order valence-corrected chi connectivity index (χ4v) is 3.73. The van der Waals surface area contributed by atoms with Crippen LogP contribution in [0.1, 0.15) is 66.2 Å². The zero-order valence-corrected chi connectivity index (χ0v) is 10.4. The topological polar surface area (TPSA) is 0 Å². The van der Waals surface area contributed by atoms with E-state index in [0.29, 0.717) is 10.8 Å². The highest BCUT2D eigenvalue weighted by molar-refractivity contribution is 4.98. The Labute approximate surface area is 89.5 Å². The second-order valence-electron chi connectivity index (χ2n) is 6.75. The molecule has 0 aromatic rings. The molecule has 82 valence electrons. The fourth-order valence-electron chi connectivity index (χ4n) is 3.73. The van der Waals surface area contributed by atoms with Crippen LogP contribution in [-0.2, 0) is 0 Å². The fraction of sp³-hybridized carbons (Fsp3) is 1.00. The predicted octanol–water partition coefficient (Wildman–Crippen LogP) is 4.64. The van der Waals surface area contributed by atoms with Crippen LogP contribution in [0, 0.1) is 22.7 Å². The lowest BCUT2D eigenvalue weighted by molar-refractivity contribution is 0.197. The van der Waals surface area contributed by atoms with Gasteiger partial charge in [0.1, 0.15) is 0 Å². The molecule has 0 heteroatoms. The molecule has 2 saturated carbocycles. The molecule has 0 saturated heterocycles. The van der Waals surface area contributed by atoms with Gasteiger partial charge in [-0.25, -0.2) is 0 Å². The molecule has 0 amide bonds. The third-order valence-corrected chi connectivity index (χ3v) is 5.12. The molecule has 0 N–H and O–H groups in total. The molecule has 2 aliphatic rings. The van der Waals surface area contributed by atoms with Crippen LogP contribution in [0.3, 0.4) is 0 Å². The van der Waals surface area contributed by atoms with Crippen molar-refractivity contribution in [3.8, 4) is 0 Å². The van der Waals surface area contributed by atoms with Gasteiger partial charge in [-0.05, 0) is 41.9 Å². The van der Waals surface area contributed by atoms with Gasteiger partial charge in [0.15, 0.2) is 0 Å². The molecule has 2 aliphatic carbocycles. The molecule has 3 atom stereocenters. The Kier molecular flexibility index (Phi) is 2.44. The average molecular weight is 194 g/mol. The van der Waals surface area contributed by atoms with Crippen LogP contribution in [0.25, 0.3) is 0 Å². The van der Waals surface area contributed by atoms with Crippen molar-refractivity contribution in [3.05, 3.63) is 0 Å². The summed E-state index contributed by atoms with van der Waals surface area (Å²) in [5.74, 6) is 2.05. The molecular formula is C14H26. The maximum absolute atomic E-state index is 2.55. The van der Waals surface area contributed by atoms with Crippen LogP contribution in [0.4, 0.5) is 0 Å². The van der Waals surface area contributed by atoms with Crippen molar-refractivity contribution < 1.29 is 0 Å². The van der Waals surface area contributed by atoms with Gasteiger partial charge in [-0.1, -0.05) is 47.0 Å². The molecule has 0 aliphatic heterocycles. The van der Waals surface area contributed by atoms with Gasteiger partial charge in [0, 0.05) is 0 Å². The first-order chi connectivity index (χ1) is 6.47. The van der Waals surface area contributed by atoms with E-state index in [1.165, 1.54) is 38.5 Å². The summed E-state index contributed by atoms with van der Waals surface area (Å²) in [6.07, 6.45) is 8.87. The first-order valence-electron chi connectivity index (χ1n) is 6.47. The van der Waals surface area contributed by atoms with Gasteiger partial charge < -0.3 is 0 Å². The molecule has 0 aromatic heterocycles. The van der Waals surface area contributed by atoms with Crippen molar-refractivity contribution in [2.45, 2.75) is 66.2 Å². The van der Waals surface area contributed by atoms with Crippen molar-refractivity contribution in [1.82, 2.24) is 0 Å². The standard InChI is InChI=1S/C14H26/c1-5-13(3)8-11(2)14(4,10-13)9-12-6-7-12/h11-12H,5-10H2,1-4H3. The monoisotopic (exact) mass is 194 g/mol. The molecule has 14 heavy (non-hydrogen) atoms. The lowest BCUT2D eigenvalue weighted by atomic mass is 9.75. The quantitative estimate of drug-likeness (QED) is 0.614. The van der Waals surface area contributed by atoms with Crippen LogP contribution in [0.15, 0.2) is 0 Å². The van der Waals surface area contributed by atoms with Crippen molar-refractivity contribution in [1.29, 1.82) is 0 Å². The highest BCUT2D eigenvalue weighted by atomic mass is 14.5. The first-order valence-corrected chi connectivity index (χ1v) is 6.47. The second-order valence-corrected chi connectivity index (χ2v) is 6.75. The van der Waals surface area contributed by atoms with Crippen LogP contribution in [-0.4, -0.2) is 0 Å². The predicted molar refractivity (Wildman–Crippen MR) is 62.2 cm³/mol. The van der Waals surface area contributed by atoms with E-state index < -0.39 is 0 Å². The molecule has 0 heterocycles. The van der Waals surface area contributed by atoms with Gasteiger partial charge in [0.2, 0.25) is 0 Å². The number of hydrogen-bond acceptors (Lipinski definition) is 0. The zero-order chi connectivity index (χ0) is 10.4. The second kappa shape index (κ2) is 3.25. The molecule has 0 nitrogen and oxygen atoms in total. The van der Waals surface area contributed by atoms with Gasteiger partial charge in [0.05, 0.1) is 0 Å². The molecule has 0 bridgehead atoms. The minimum atomic E-state index is 0.656. The van der Waals surface area contributed by atoms with Crippen molar-refractivity contribution in [2.24, 2.45) is 22.7 Å². The minimum absolute atomic E-state index is 0.656. The van der Waals surface area contributed by atoms with E-state index in [1.54, 1.807) is 0 Å². The van der Waals surface area contributed by atoms with Crippen LogP contribution < -0.4 is 0 Å². The Hall–Kier alpha value is 0. The van der Waals surface area contributed by atoms with E-state index in [2.05, 4.69) is 27.7 Å². The lowest BCUT2D eigenvalue weighted by Crippen LogP contribution is -2.21. The zero-order valence-electron chi connectivity index (χ0n) is 10.4. The molecule has 2 rings (SSSR count). The normalized spacial score (nSPS) is 48.4. The SMILES string of the molecule is CCC1(C)CC(C)C(C)(CC2CC2)C1. The lowest BCUT2D eigenvalue weighted by Gasteiger charge is -2.30. The Morgan fingerprint density at radius 2 is 1.86 bits per heavy atom. The summed E-state index contributed by atoms with van der Waals surface area (Å²) in [6.45, 7) is 9.91. The Morgan fingerprint density at radius 3 is 2.29 bits per heavy atom. The van der Waals surface area contributed by atoms with Gasteiger partial charge >= 0.3 is 0 Å². The molecule has 3 unspecified atom stereocenters. The molecule has 0 aromatic carbocycles. The first kappa shape index (κ1) is 10.5. The largest absolute Gasteiger partial charge is 0.0649 e. The van der Waals surface area contributed by atoms with Crippen LogP contribution in [0.5, 0.6) is 0 Å². The third kappa shape index (κ3) is 1.85. The third-order valence-electron chi connectivity index (χ3n) is 5.12. The molecule has 2 fully saturated rings. The van der Waals surface area contributed by atoms with E-state index in [1.807, 2.05) is 0 Å². The van der Waals surface area contributed by atoms with Gasteiger partial charge in [-0.3, -0.25) is 0 Å². The smallest absolute Gasteiger partial charge is 0.0292 e. The molecule has 0 spiro atoms.